The van der Waals surface area contributed by atoms with Gasteiger partial charge in [-0.3, -0.25) is 14.5 Å². The number of nitrogens with zero attached hydrogens (tertiary/aromatic N) is 3. The van der Waals surface area contributed by atoms with Crippen molar-refractivity contribution in [3.63, 3.8) is 0 Å². The third kappa shape index (κ3) is 4.68. The van der Waals surface area contributed by atoms with Gasteiger partial charge in [0.05, 0.1) is 11.9 Å². The summed E-state index contributed by atoms with van der Waals surface area (Å²) in [5, 5.41) is 12.5. The Kier molecular flexibility index (Phi) is 6.60. The Bertz CT molecular complexity index is 1030. The molecule has 0 radical (unpaired) electrons. The number of likely N-dealkylation sites (tertiary alicyclic amines) is 1. The van der Waals surface area contributed by atoms with Crippen molar-refractivity contribution in [2.75, 3.05) is 36.4 Å². The third-order valence-electron chi connectivity index (χ3n) is 6.70. The molecule has 2 amide bonds. The molecule has 3 heterocycles. The minimum atomic E-state index is -1.13. The lowest BCUT2D eigenvalue weighted by molar-refractivity contribution is -0.132. The van der Waals surface area contributed by atoms with E-state index in [4.69, 9.17) is 5.73 Å². The van der Waals surface area contributed by atoms with Crippen LogP contribution in [0.3, 0.4) is 0 Å². The van der Waals surface area contributed by atoms with Gasteiger partial charge in [0.15, 0.2) is 0 Å². The zero-order valence-corrected chi connectivity index (χ0v) is 18.5. The van der Waals surface area contributed by atoms with Gasteiger partial charge in [-0.1, -0.05) is 24.6 Å². The number of aromatic nitrogens is 1. The molecule has 174 valence electrons. The van der Waals surface area contributed by atoms with Gasteiger partial charge in [-0.2, -0.15) is 0 Å². The lowest BCUT2D eigenvalue weighted by atomic mass is 9.83. The summed E-state index contributed by atoms with van der Waals surface area (Å²) in [5.74, 6) is -1.45. The lowest BCUT2D eigenvalue weighted by Crippen LogP contribution is -2.63. The van der Waals surface area contributed by atoms with Crippen LogP contribution in [0.1, 0.15) is 52.8 Å². The molecule has 0 atom stereocenters. The predicted octanol–water partition coefficient (Wildman–Crippen LogP) is 2.34. The number of carboxylic acid groups (broad SMARTS) is 1. The number of hydrogen-bond donors (Lipinski definition) is 3. The molecule has 4 N–H and O–H groups in total. The van der Waals surface area contributed by atoms with Gasteiger partial charge < -0.3 is 21.1 Å². The first-order valence-electron chi connectivity index (χ1n) is 11.3. The van der Waals surface area contributed by atoms with Crippen molar-refractivity contribution in [1.29, 1.82) is 0 Å². The van der Waals surface area contributed by atoms with E-state index in [-0.39, 0.29) is 17.4 Å². The second-order valence-corrected chi connectivity index (χ2v) is 8.65. The van der Waals surface area contributed by atoms with Crippen LogP contribution in [-0.2, 0) is 4.79 Å². The zero-order valence-electron chi connectivity index (χ0n) is 18.5. The molecular formula is C24H29N5O4. The smallest absolute Gasteiger partial charge is 0.339 e. The number of benzene rings is 1. The molecule has 0 saturated carbocycles. The van der Waals surface area contributed by atoms with E-state index in [1.54, 1.807) is 24.3 Å². The summed E-state index contributed by atoms with van der Waals surface area (Å²) in [6, 6.07) is 10.1. The highest BCUT2D eigenvalue weighted by molar-refractivity contribution is 6.05. The largest absolute Gasteiger partial charge is 0.478 e. The molecule has 2 fully saturated rings. The van der Waals surface area contributed by atoms with Gasteiger partial charge in [-0.05, 0) is 57.0 Å². The molecule has 2 aliphatic rings. The first kappa shape index (κ1) is 22.7. The molecule has 2 saturated heterocycles. The summed E-state index contributed by atoms with van der Waals surface area (Å²) in [6.45, 7) is 2.67. The van der Waals surface area contributed by atoms with Crippen molar-refractivity contribution in [3.05, 3.63) is 53.7 Å². The van der Waals surface area contributed by atoms with Crippen LogP contribution in [0.2, 0.25) is 0 Å². The normalized spacial score (nSPS) is 18.5. The van der Waals surface area contributed by atoms with Crippen LogP contribution in [0.15, 0.2) is 42.6 Å². The Morgan fingerprint density at radius 3 is 2.27 bits per heavy atom. The number of piperidine rings is 2. The van der Waals surface area contributed by atoms with Gasteiger partial charge in [0.1, 0.15) is 16.9 Å². The number of carboxylic acids is 1. The number of primary amides is 1. The number of pyridine rings is 1. The van der Waals surface area contributed by atoms with E-state index >= 15 is 0 Å². The highest BCUT2D eigenvalue weighted by atomic mass is 16.4. The summed E-state index contributed by atoms with van der Waals surface area (Å²) in [5.41, 5.74) is 5.95. The number of aromatic carboxylic acids is 1. The van der Waals surface area contributed by atoms with Crippen LogP contribution in [0.5, 0.6) is 0 Å². The minimum absolute atomic E-state index is 0.00501. The Morgan fingerprint density at radius 1 is 1.00 bits per heavy atom. The van der Waals surface area contributed by atoms with Gasteiger partial charge in [-0.25, -0.2) is 9.78 Å². The summed E-state index contributed by atoms with van der Waals surface area (Å²) >= 11 is 0. The first-order chi connectivity index (χ1) is 15.9. The average Bonchev–Trinajstić information content (AvgIpc) is 2.85. The van der Waals surface area contributed by atoms with Crippen LogP contribution < -0.4 is 16.0 Å². The molecule has 0 spiro atoms. The molecule has 2 aromatic rings. The summed E-state index contributed by atoms with van der Waals surface area (Å²) in [4.78, 5) is 45.4. The van der Waals surface area contributed by atoms with Crippen molar-refractivity contribution < 1.29 is 19.5 Å². The van der Waals surface area contributed by atoms with Gasteiger partial charge in [0, 0.05) is 18.7 Å². The fourth-order valence-electron chi connectivity index (χ4n) is 4.86. The quantitative estimate of drug-likeness (QED) is 0.615. The van der Waals surface area contributed by atoms with E-state index in [9.17, 15) is 19.5 Å². The van der Waals surface area contributed by atoms with Gasteiger partial charge in [0.25, 0.3) is 5.91 Å². The van der Waals surface area contributed by atoms with Crippen LogP contribution >= 0.6 is 0 Å². The molecule has 4 rings (SSSR count). The maximum absolute atomic E-state index is 12.5. The zero-order chi connectivity index (χ0) is 23.4. The third-order valence-corrected chi connectivity index (χ3v) is 6.70. The summed E-state index contributed by atoms with van der Waals surface area (Å²) in [6.07, 6.45) is 5.78. The summed E-state index contributed by atoms with van der Waals surface area (Å²) < 4.78 is 0. The lowest BCUT2D eigenvalue weighted by Gasteiger charge is -2.48. The standard InChI is InChI=1S/C24H29N5O4/c25-23(33)24(29-11-5-2-6-12-29)9-13-28(14-10-24)20-19(22(31)32)15-18(16-26-20)27-21(30)17-7-3-1-4-8-17/h1,3-4,7-8,15-16H,2,5-6,9-14H2,(H2,25,33)(H,27,30)(H,31,32). The van der Waals surface area contributed by atoms with E-state index in [2.05, 4.69) is 15.2 Å². The molecule has 2 aliphatic heterocycles. The van der Waals surface area contributed by atoms with Crippen molar-refractivity contribution in [2.24, 2.45) is 5.73 Å². The molecule has 33 heavy (non-hydrogen) atoms. The topological polar surface area (TPSA) is 129 Å². The second-order valence-electron chi connectivity index (χ2n) is 8.65. The van der Waals surface area contributed by atoms with Crippen molar-refractivity contribution in [2.45, 2.75) is 37.6 Å². The van der Waals surface area contributed by atoms with Gasteiger partial charge in [-0.15, -0.1) is 0 Å². The Balaban J connectivity index is 1.51. The Labute approximate surface area is 192 Å². The van der Waals surface area contributed by atoms with E-state index in [1.807, 2.05) is 11.0 Å². The Hall–Kier alpha value is -3.46. The highest BCUT2D eigenvalue weighted by Crippen LogP contribution is 2.34. The van der Waals surface area contributed by atoms with Crippen LogP contribution in [-0.4, -0.2) is 64.5 Å². The number of carbonyl (C=O) groups is 3. The Morgan fingerprint density at radius 2 is 1.67 bits per heavy atom. The van der Waals surface area contributed by atoms with Gasteiger partial charge >= 0.3 is 5.97 Å². The molecule has 0 aliphatic carbocycles. The number of anilines is 2. The summed E-state index contributed by atoms with van der Waals surface area (Å²) in [7, 11) is 0. The average molecular weight is 452 g/mol. The number of carbonyl (C=O) groups excluding carboxylic acids is 2. The van der Waals surface area contributed by atoms with Gasteiger partial charge in [0.2, 0.25) is 5.91 Å². The second kappa shape index (κ2) is 9.58. The van der Waals surface area contributed by atoms with Crippen molar-refractivity contribution in [1.82, 2.24) is 9.88 Å². The fourth-order valence-corrected chi connectivity index (χ4v) is 4.86. The molecule has 9 heteroatoms. The number of hydrogen-bond acceptors (Lipinski definition) is 6. The molecule has 1 aromatic carbocycles. The van der Waals surface area contributed by atoms with E-state index in [0.717, 1.165) is 32.4 Å². The highest BCUT2D eigenvalue weighted by Gasteiger charge is 2.45. The van der Waals surface area contributed by atoms with Crippen molar-refractivity contribution >= 4 is 29.3 Å². The maximum Gasteiger partial charge on any atom is 0.339 e. The van der Waals surface area contributed by atoms with E-state index < -0.39 is 11.5 Å². The monoisotopic (exact) mass is 451 g/mol. The predicted molar refractivity (Wildman–Crippen MR) is 124 cm³/mol. The van der Waals surface area contributed by atoms with Crippen molar-refractivity contribution in [3.8, 4) is 0 Å². The van der Waals surface area contributed by atoms with Crippen LogP contribution in [0.25, 0.3) is 0 Å². The minimum Gasteiger partial charge on any atom is -0.478 e. The maximum atomic E-state index is 12.5. The molecule has 0 bridgehead atoms. The molecule has 9 nitrogen and oxygen atoms in total. The molecular weight excluding hydrogens is 422 g/mol. The van der Waals surface area contributed by atoms with E-state index in [0.29, 0.717) is 43.0 Å². The van der Waals surface area contributed by atoms with Crippen LogP contribution in [0.4, 0.5) is 11.5 Å². The first-order valence-corrected chi connectivity index (χ1v) is 11.3. The number of nitrogens with one attached hydrogen (secondary N) is 1. The molecule has 0 unspecified atom stereocenters. The molecule has 1 aromatic heterocycles. The van der Waals surface area contributed by atoms with E-state index in [1.165, 1.54) is 12.3 Å². The van der Waals surface area contributed by atoms with Crippen LogP contribution in [0, 0.1) is 0 Å². The number of nitrogens with two attached hydrogens (primary N) is 1. The number of amides is 2. The SMILES string of the molecule is NC(=O)C1(N2CCCCC2)CCN(c2ncc(NC(=O)c3ccccc3)cc2C(=O)O)CC1. The fraction of sp³-hybridized carbons (Fsp3) is 0.417. The number of rotatable bonds is 6.